The molecule has 1 atom stereocenters. The summed E-state index contributed by atoms with van der Waals surface area (Å²) in [5, 5.41) is 11.2. The summed E-state index contributed by atoms with van der Waals surface area (Å²) in [6.07, 6.45) is 5.39. The van der Waals surface area contributed by atoms with E-state index < -0.39 is 6.17 Å². The first-order chi connectivity index (χ1) is 13.2. The van der Waals surface area contributed by atoms with Gasteiger partial charge in [-0.2, -0.15) is 0 Å². The lowest BCUT2D eigenvalue weighted by atomic mass is 10.1. The largest absolute Gasteiger partial charge is 0.497 e. The van der Waals surface area contributed by atoms with E-state index in [2.05, 4.69) is 10.4 Å². The standard InChI is InChI=1S/C20H18N4O2S/c1-26-14-10-7-13(8-11-14)9-12-17-21-16-6-4-3-5-15(16)18-19(25)22-20(27-2)23-24(17)18/h3-12,17H,1-2H3,(H,22,23,25)/b12-9+/t17-/m1/s1. The zero-order valence-corrected chi connectivity index (χ0v) is 15.7. The molecule has 0 spiro atoms. The molecule has 0 bridgehead atoms. The number of methoxy groups -OCH3 is 1. The van der Waals surface area contributed by atoms with E-state index in [-0.39, 0.29) is 5.91 Å². The number of amides is 1. The number of hydrogen-bond donors (Lipinski definition) is 1. The van der Waals surface area contributed by atoms with Crippen LogP contribution in [0, 0.1) is 0 Å². The maximum Gasteiger partial charge on any atom is 0.276 e. The number of fused-ring (bicyclic) bond motifs is 2. The molecule has 2 aromatic rings. The Labute approximate surface area is 160 Å². The second-order valence-electron chi connectivity index (χ2n) is 5.95. The van der Waals surface area contributed by atoms with Crippen molar-refractivity contribution in [1.29, 1.82) is 0 Å². The Morgan fingerprint density at radius 1 is 1.19 bits per heavy atom. The molecular weight excluding hydrogens is 360 g/mol. The van der Waals surface area contributed by atoms with Crippen LogP contribution in [-0.2, 0) is 4.79 Å². The number of ether oxygens (including phenoxy) is 1. The van der Waals surface area contributed by atoms with E-state index in [0.29, 0.717) is 10.9 Å². The van der Waals surface area contributed by atoms with Gasteiger partial charge in [0.2, 0.25) is 0 Å². The zero-order valence-electron chi connectivity index (χ0n) is 14.9. The highest BCUT2D eigenvalue weighted by molar-refractivity contribution is 8.13. The Kier molecular flexibility index (Phi) is 4.68. The number of nitrogens with zero attached hydrogens (tertiary/aromatic N) is 3. The summed E-state index contributed by atoms with van der Waals surface area (Å²) in [6, 6.07) is 15.4. The van der Waals surface area contributed by atoms with Crippen molar-refractivity contribution in [2.24, 2.45) is 10.1 Å². The van der Waals surface area contributed by atoms with Crippen molar-refractivity contribution in [3.05, 3.63) is 70.7 Å². The number of thioether (sulfide) groups is 1. The van der Waals surface area contributed by atoms with E-state index in [0.717, 1.165) is 21.9 Å². The molecule has 4 rings (SSSR count). The minimum absolute atomic E-state index is 0.167. The lowest BCUT2D eigenvalue weighted by Crippen LogP contribution is -2.52. The molecule has 1 N–H and O–H groups in total. The summed E-state index contributed by atoms with van der Waals surface area (Å²) >= 11 is 1.39. The van der Waals surface area contributed by atoms with Crippen LogP contribution in [0.1, 0.15) is 5.56 Å². The van der Waals surface area contributed by atoms with Gasteiger partial charge in [-0.25, -0.2) is 5.01 Å². The van der Waals surface area contributed by atoms with Gasteiger partial charge in [-0.05, 0) is 36.1 Å². The van der Waals surface area contributed by atoms with E-state index >= 15 is 0 Å². The van der Waals surface area contributed by atoms with Gasteiger partial charge in [0.05, 0.1) is 12.5 Å². The Balaban J connectivity index is 1.77. The summed E-state index contributed by atoms with van der Waals surface area (Å²) in [6.45, 7) is 0. The molecule has 6 nitrogen and oxygen atoms in total. The minimum Gasteiger partial charge on any atom is -0.497 e. The van der Waals surface area contributed by atoms with E-state index in [1.54, 1.807) is 12.1 Å². The number of nitrogens with one attached hydrogen (secondary N) is 1. The van der Waals surface area contributed by atoms with Crippen LogP contribution < -0.4 is 20.6 Å². The average Bonchev–Trinajstić information content (AvgIpc) is 2.72. The molecule has 0 unspecified atom stereocenters. The number of rotatable bonds is 3. The fraction of sp³-hybridized carbons (Fsp3) is 0.150. The Hall–Kier alpha value is -3.06. The first-order valence-electron chi connectivity index (χ1n) is 8.42. The quantitative estimate of drug-likeness (QED) is 0.880. The maximum atomic E-state index is 12.7. The third-order valence-electron chi connectivity index (χ3n) is 4.31. The summed E-state index contributed by atoms with van der Waals surface area (Å²) in [7, 11) is 1.64. The van der Waals surface area contributed by atoms with Crippen molar-refractivity contribution >= 4 is 34.6 Å². The Morgan fingerprint density at radius 2 is 1.96 bits per heavy atom. The SMILES string of the molecule is COc1ccc(/C=C/[C@@H]2N=c3ccccc3=C3C(=O)NC(SC)=NN32)cc1. The molecule has 0 aromatic heterocycles. The number of para-hydroxylation sites is 1. The molecule has 0 fully saturated rings. The molecule has 1 amide bonds. The second-order valence-corrected chi connectivity index (χ2v) is 6.74. The fourth-order valence-electron chi connectivity index (χ4n) is 2.98. The molecule has 27 heavy (non-hydrogen) atoms. The van der Waals surface area contributed by atoms with Gasteiger partial charge in [0.1, 0.15) is 11.4 Å². The summed E-state index contributed by atoms with van der Waals surface area (Å²) in [5.74, 6) is 0.639. The molecule has 0 saturated heterocycles. The molecule has 2 aliphatic rings. The normalized spacial score (nSPS) is 18.4. The van der Waals surface area contributed by atoms with E-state index in [4.69, 9.17) is 9.73 Å². The summed E-state index contributed by atoms with van der Waals surface area (Å²) in [4.78, 5) is 17.5. The van der Waals surface area contributed by atoms with Gasteiger partial charge in [-0.1, -0.05) is 48.2 Å². The molecule has 0 aliphatic carbocycles. The van der Waals surface area contributed by atoms with Gasteiger partial charge in [-0.3, -0.25) is 15.1 Å². The van der Waals surface area contributed by atoms with Crippen molar-refractivity contribution in [1.82, 2.24) is 10.3 Å². The summed E-state index contributed by atoms with van der Waals surface area (Å²) in [5.41, 5.74) is 1.53. The molecule has 7 heteroatoms. The van der Waals surface area contributed by atoms with Gasteiger partial charge in [0.25, 0.3) is 5.91 Å². The van der Waals surface area contributed by atoms with Gasteiger partial charge in [0, 0.05) is 5.22 Å². The van der Waals surface area contributed by atoms with Crippen LogP contribution in [0.25, 0.3) is 11.8 Å². The molecule has 0 saturated carbocycles. The Morgan fingerprint density at radius 3 is 2.70 bits per heavy atom. The second kappa shape index (κ2) is 7.28. The maximum absolute atomic E-state index is 12.7. The number of carbonyl (C=O) groups excluding carboxylic acids is 1. The van der Waals surface area contributed by atoms with Crippen molar-refractivity contribution < 1.29 is 9.53 Å². The third kappa shape index (κ3) is 3.33. The smallest absolute Gasteiger partial charge is 0.276 e. The van der Waals surface area contributed by atoms with Crippen molar-refractivity contribution in [3.63, 3.8) is 0 Å². The number of benzene rings is 2. The number of carbonyl (C=O) groups is 1. The van der Waals surface area contributed by atoms with Crippen LogP contribution in [0.4, 0.5) is 0 Å². The van der Waals surface area contributed by atoms with Crippen LogP contribution in [0.3, 0.4) is 0 Å². The lowest BCUT2D eigenvalue weighted by Gasteiger charge is -2.32. The van der Waals surface area contributed by atoms with Crippen LogP contribution in [-0.4, -0.2) is 35.6 Å². The van der Waals surface area contributed by atoms with Gasteiger partial charge in [-0.15, -0.1) is 5.10 Å². The molecular formula is C20H18N4O2S. The summed E-state index contributed by atoms with van der Waals surface area (Å²) < 4.78 is 5.19. The predicted octanol–water partition coefficient (Wildman–Crippen LogP) is 1.54. The molecule has 2 heterocycles. The van der Waals surface area contributed by atoms with Crippen molar-refractivity contribution in [2.45, 2.75) is 6.17 Å². The van der Waals surface area contributed by atoms with Crippen LogP contribution >= 0.6 is 11.8 Å². The minimum atomic E-state index is -0.398. The molecule has 136 valence electrons. The molecule has 2 aromatic carbocycles. The first kappa shape index (κ1) is 17.4. The van der Waals surface area contributed by atoms with Crippen molar-refractivity contribution in [2.75, 3.05) is 13.4 Å². The number of hydrogen-bond acceptors (Lipinski definition) is 6. The van der Waals surface area contributed by atoms with Crippen LogP contribution in [0.2, 0.25) is 0 Å². The highest BCUT2D eigenvalue weighted by Crippen LogP contribution is 2.21. The molecule has 0 radical (unpaired) electrons. The average molecular weight is 378 g/mol. The highest BCUT2D eigenvalue weighted by Gasteiger charge is 2.31. The third-order valence-corrected chi connectivity index (χ3v) is 4.88. The van der Waals surface area contributed by atoms with Crippen molar-refractivity contribution in [3.8, 4) is 5.75 Å². The van der Waals surface area contributed by atoms with Gasteiger partial charge < -0.3 is 4.74 Å². The Bertz CT molecular complexity index is 1060. The first-order valence-corrected chi connectivity index (χ1v) is 9.64. The number of hydrazone groups is 1. The monoisotopic (exact) mass is 378 g/mol. The fourth-order valence-corrected chi connectivity index (χ4v) is 3.35. The van der Waals surface area contributed by atoms with Crippen LogP contribution in [0.15, 0.2) is 64.7 Å². The van der Waals surface area contributed by atoms with E-state index in [1.165, 1.54) is 11.8 Å². The lowest BCUT2D eigenvalue weighted by molar-refractivity contribution is -0.116. The van der Waals surface area contributed by atoms with E-state index in [1.807, 2.05) is 66.9 Å². The van der Waals surface area contributed by atoms with E-state index in [9.17, 15) is 4.79 Å². The highest BCUT2D eigenvalue weighted by atomic mass is 32.2. The predicted molar refractivity (Wildman–Crippen MR) is 107 cm³/mol. The van der Waals surface area contributed by atoms with Gasteiger partial charge >= 0.3 is 0 Å². The van der Waals surface area contributed by atoms with Crippen LogP contribution in [0.5, 0.6) is 5.75 Å². The number of amidine groups is 1. The topological polar surface area (TPSA) is 66.3 Å². The molecule has 2 aliphatic heterocycles. The van der Waals surface area contributed by atoms with Gasteiger partial charge in [0.15, 0.2) is 11.3 Å². The zero-order chi connectivity index (χ0) is 18.8.